The van der Waals surface area contributed by atoms with E-state index in [4.69, 9.17) is 19.3 Å². The fraction of sp³-hybridized carbons (Fsp3) is 0.485. The minimum atomic E-state index is -0.284. The minimum Gasteiger partial charge on any atom is -0.497 e. The number of fused-ring (bicyclic) bond motifs is 3. The highest BCUT2D eigenvalue weighted by molar-refractivity contribution is 6.08. The van der Waals surface area contributed by atoms with Gasteiger partial charge in [-0.1, -0.05) is 30.7 Å². The van der Waals surface area contributed by atoms with Crippen molar-refractivity contribution < 1.29 is 23.8 Å². The largest absolute Gasteiger partial charge is 0.497 e. The molecule has 1 amide bonds. The molecule has 7 heteroatoms. The maximum atomic E-state index is 13.6. The van der Waals surface area contributed by atoms with Crippen LogP contribution in [0, 0.1) is 23.7 Å². The fourth-order valence-corrected chi connectivity index (χ4v) is 7.35. The molecule has 3 aliphatic carbocycles. The van der Waals surface area contributed by atoms with Crippen LogP contribution in [0.4, 0.5) is 0 Å². The maximum Gasteiger partial charge on any atom is 0.306 e. The number of esters is 1. The fourth-order valence-electron chi connectivity index (χ4n) is 7.35. The van der Waals surface area contributed by atoms with Gasteiger partial charge in [0.05, 0.1) is 26.0 Å². The predicted octanol–water partition coefficient (Wildman–Crippen LogP) is 6.20. The Hall–Kier alpha value is -3.61. The van der Waals surface area contributed by atoms with Crippen molar-refractivity contribution in [1.29, 1.82) is 0 Å². The number of hydrogen-bond donors (Lipinski definition) is 0. The van der Waals surface area contributed by atoms with Crippen LogP contribution in [0.15, 0.2) is 59.2 Å². The first-order chi connectivity index (χ1) is 19.5. The molecule has 4 aliphatic rings. The van der Waals surface area contributed by atoms with E-state index in [0.29, 0.717) is 18.3 Å². The summed E-state index contributed by atoms with van der Waals surface area (Å²) in [6, 6.07) is 15.6. The first kappa shape index (κ1) is 26.6. The number of amides is 1. The SMILES string of the molecule is COc1ccc(C=C2CCCC3C2=NN(C(=O)COC(=O)CC2CC4CCC2C4)C3c2ccc(OC)cc2)cc1. The lowest BCUT2D eigenvalue weighted by molar-refractivity contribution is -0.154. The first-order valence-electron chi connectivity index (χ1n) is 14.6. The summed E-state index contributed by atoms with van der Waals surface area (Å²) < 4.78 is 16.2. The molecule has 0 N–H and O–H groups in total. The molecule has 210 valence electrons. The molecule has 2 aromatic carbocycles. The highest BCUT2D eigenvalue weighted by Crippen LogP contribution is 2.49. The highest BCUT2D eigenvalue weighted by Gasteiger charge is 2.44. The van der Waals surface area contributed by atoms with Crippen LogP contribution in [0.1, 0.15) is 68.5 Å². The van der Waals surface area contributed by atoms with Crippen LogP contribution < -0.4 is 9.47 Å². The van der Waals surface area contributed by atoms with Gasteiger partial charge in [0.15, 0.2) is 6.61 Å². The van der Waals surface area contributed by atoms with Gasteiger partial charge in [0, 0.05) is 12.3 Å². The van der Waals surface area contributed by atoms with Gasteiger partial charge in [0.25, 0.3) is 5.91 Å². The van der Waals surface area contributed by atoms with Crippen molar-refractivity contribution in [3.8, 4) is 11.5 Å². The average molecular weight is 543 g/mol. The lowest BCUT2D eigenvalue weighted by Gasteiger charge is -2.29. The Morgan fingerprint density at radius 2 is 1.68 bits per heavy atom. The molecule has 2 aromatic rings. The van der Waals surface area contributed by atoms with Gasteiger partial charge in [0.2, 0.25) is 0 Å². The molecule has 40 heavy (non-hydrogen) atoms. The summed E-state index contributed by atoms with van der Waals surface area (Å²) in [6.07, 6.45) is 10.3. The van der Waals surface area contributed by atoms with E-state index in [1.807, 2.05) is 48.5 Å². The van der Waals surface area contributed by atoms with E-state index in [0.717, 1.165) is 65.5 Å². The number of methoxy groups -OCH3 is 2. The van der Waals surface area contributed by atoms with Crippen molar-refractivity contribution in [2.45, 2.75) is 57.4 Å². The number of benzene rings is 2. The molecule has 6 rings (SSSR count). The molecular weight excluding hydrogens is 504 g/mol. The number of hydrazone groups is 1. The number of ether oxygens (including phenoxy) is 3. The van der Waals surface area contributed by atoms with Gasteiger partial charge in [0.1, 0.15) is 11.5 Å². The Morgan fingerprint density at radius 3 is 2.33 bits per heavy atom. The van der Waals surface area contributed by atoms with Gasteiger partial charge in [-0.25, -0.2) is 5.01 Å². The summed E-state index contributed by atoms with van der Waals surface area (Å²) in [5.41, 5.74) is 4.16. The number of allylic oxidation sites excluding steroid dienone is 1. The second-order valence-corrected chi connectivity index (χ2v) is 11.7. The normalized spacial score (nSPS) is 27.9. The molecular formula is C33H38N2O5. The van der Waals surface area contributed by atoms with Crippen molar-refractivity contribution in [1.82, 2.24) is 5.01 Å². The zero-order valence-electron chi connectivity index (χ0n) is 23.4. The monoisotopic (exact) mass is 542 g/mol. The molecule has 0 saturated heterocycles. The van der Waals surface area contributed by atoms with Gasteiger partial charge in [-0.15, -0.1) is 0 Å². The zero-order valence-corrected chi connectivity index (χ0v) is 23.4. The van der Waals surface area contributed by atoms with Crippen molar-refractivity contribution in [3.63, 3.8) is 0 Å². The van der Waals surface area contributed by atoms with Crippen LogP contribution in [-0.2, 0) is 14.3 Å². The van der Waals surface area contributed by atoms with E-state index in [1.165, 1.54) is 19.3 Å². The molecule has 1 heterocycles. The minimum absolute atomic E-state index is 0.0698. The van der Waals surface area contributed by atoms with Crippen LogP contribution in [0.2, 0.25) is 0 Å². The quantitative estimate of drug-likeness (QED) is 0.372. The van der Waals surface area contributed by atoms with Gasteiger partial charge in [-0.2, -0.15) is 5.10 Å². The summed E-state index contributed by atoms with van der Waals surface area (Å²) in [7, 11) is 3.30. The second-order valence-electron chi connectivity index (χ2n) is 11.7. The van der Waals surface area contributed by atoms with Gasteiger partial charge >= 0.3 is 5.97 Å². The first-order valence-corrected chi connectivity index (χ1v) is 14.6. The Morgan fingerprint density at radius 1 is 0.950 bits per heavy atom. The van der Waals surface area contributed by atoms with E-state index in [9.17, 15) is 9.59 Å². The van der Waals surface area contributed by atoms with Crippen molar-refractivity contribution >= 4 is 23.7 Å². The number of carbonyl (C=O) groups excluding carboxylic acids is 2. The molecule has 0 aromatic heterocycles. The second kappa shape index (κ2) is 11.5. The van der Waals surface area contributed by atoms with Crippen LogP contribution in [0.25, 0.3) is 6.08 Å². The molecule has 3 fully saturated rings. The molecule has 5 unspecified atom stereocenters. The van der Waals surface area contributed by atoms with Crippen molar-refractivity contribution in [3.05, 3.63) is 65.2 Å². The number of carbonyl (C=O) groups is 2. The smallest absolute Gasteiger partial charge is 0.306 e. The molecule has 2 bridgehead atoms. The molecule has 7 nitrogen and oxygen atoms in total. The summed E-state index contributed by atoms with van der Waals surface area (Å²) in [5.74, 6) is 2.93. The maximum absolute atomic E-state index is 13.6. The van der Waals surface area contributed by atoms with Gasteiger partial charge < -0.3 is 14.2 Å². The van der Waals surface area contributed by atoms with Gasteiger partial charge in [-0.05, 0) is 103 Å². The Balaban J connectivity index is 1.22. The topological polar surface area (TPSA) is 77.4 Å². The third kappa shape index (κ3) is 5.38. The van der Waals surface area contributed by atoms with E-state index in [1.54, 1.807) is 19.2 Å². The lowest BCUT2D eigenvalue weighted by atomic mass is 9.77. The van der Waals surface area contributed by atoms with Crippen LogP contribution in [-0.4, -0.2) is 43.4 Å². The summed E-state index contributed by atoms with van der Waals surface area (Å²) in [6.45, 7) is -0.284. The molecule has 0 radical (unpaired) electrons. The van der Waals surface area contributed by atoms with E-state index >= 15 is 0 Å². The molecule has 0 spiro atoms. The Kier molecular flexibility index (Phi) is 7.63. The van der Waals surface area contributed by atoms with Crippen LogP contribution >= 0.6 is 0 Å². The Labute approximate surface area is 236 Å². The summed E-state index contributed by atoms with van der Waals surface area (Å²) in [4.78, 5) is 26.3. The van der Waals surface area contributed by atoms with Crippen molar-refractivity contribution in [2.24, 2.45) is 28.8 Å². The third-order valence-electron chi connectivity index (χ3n) is 9.34. The standard InChI is InChI=1S/C33H38N2O5/c1-38-27-12-7-21(8-13-27)16-25-4-3-5-29-32(25)34-35(33(29)23-10-14-28(39-2)15-11-23)30(36)20-40-31(37)19-26-18-22-6-9-24(26)17-22/h7-8,10-16,22,24,26,29,33H,3-6,9,17-20H2,1-2H3. The van der Waals surface area contributed by atoms with Gasteiger partial charge in [-0.3, -0.25) is 9.59 Å². The van der Waals surface area contributed by atoms with E-state index < -0.39 is 0 Å². The molecule has 1 aliphatic heterocycles. The van der Waals surface area contributed by atoms with Crippen molar-refractivity contribution in [2.75, 3.05) is 20.8 Å². The summed E-state index contributed by atoms with van der Waals surface area (Å²) >= 11 is 0. The molecule has 3 saturated carbocycles. The van der Waals surface area contributed by atoms with E-state index in [2.05, 4.69) is 6.08 Å². The average Bonchev–Trinajstić information content (AvgIpc) is 3.71. The Bertz CT molecular complexity index is 1300. The van der Waals surface area contributed by atoms with E-state index in [-0.39, 0.29) is 30.4 Å². The van der Waals surface area contributed by atoms with Crippen LogP contribution in [0.3, 0.4) is 0 Å². The third-order valence-corrected chi connectivity index (χ3v) is 9.34. The zero-order chi connectivity index (χ0) is 27.6. The lowest BCUT2D eigenvalue weighted by Crippen LogP contribution is -2.34. The number of nitrogens with zero attached hydrogens (tertiary/aromatic N) is 2. The van der Waals surface area contributed by atoms with Crippen LogP contribution in [0.5, 0.6) is 11.5 Å². The molecule has 5 atom stereocenters. The predicted molar refractivity (Wildman–Crippen MR) is 153 cm³/mol. The highest BCUT2D eigenvalue weighted by atomic mass is 16.5. The number of rotatable bonds is 8. The number of hydrogen-bond acceptors (Lipinski definition) is 6. The summed E-state index contributed by atoms with van der Waals surface area (Å²) in [5, 5.41) is 6.49.